The Morgan fingerprint density at radius 1 is 0.808 bits per heavy atom. The molecule has 1 saturated heterocycles. The van der Waals surface area contributed by atoms with Gasteiger partial charge in [-0.15, -0.1) is 0 Å². The molecule has 1 aliphatic rings. The molecule has 2 aromatic carbocycles. The fraction of sp³-hybridized carbons (Fsp3) is 0.333. The fourth-order valence-electron chi connectivity index (χ4n) is 2.76. The van der Waals surface area contributed by atoms with Crippen LogP contribution in [0.1, 0.15) is 5.56 Å². The summed E-state index contributed by atoms with van der Waals surface area (Å²) in [6.45, 7) is 1.49. The highest BCUT2D eigenvalue weighted by Gasteiger charge is 2.26. The third kappa shape index (κ3) is 4.32. The van der Waals surface area contributed by atoms with Crippen LogP contribution in [0.2, 0.25) is 0 Å². The van der Waals surface area contributed by atoms with E-state index in [-0.39, 0.29) is 10.6 Å². The lowest BCUT2D eigenvalue weighted by atomic mass is 10.2. The smallest absolute Gasteiger partial charge is 0.243 e. The van der Waals surface area contributed by atoms with E-state index < -0.39 is 19.9 Å². The first-order valence-electron chi connectivity index (χ1n) is 8.34. The minimum Gasteiger partial charge on any atom is -0.379 e. The first kappa shape index (κ1) is 19.0. The van der Waals surface area contributed by atoms with Crippen molar-refractivity contribution in [3.8, 4) is 0 Å². The van der Waals surface area contributed by atoms with Gasteiger partial charge in [0, 0.05) is 13.1 Å². The average Bonchev–Trinajstić information content (AvgIpc) is 2.68. The van der Waals surface area contributed by atoms with E-state index in [0.717, 1.165) is 5.56 Å². The van der Waals surface area contributed by atoms with Crippen LogP contribution < -0.4 is 0 Å². The third-order valence-corrected chi connectivity index (χ3v) is 7.94. The molecule has 0 bridgehead atoms. The molecule has 1 fully saturated rings. The lowest BCUT2D eigenvalue weighted by molar-refractivity contribution is 0.0730. The molecule has 0 radical (unpaired) electrons. The monoisotopic (exact) mass is 395 g/mol. The van der Waals surface area contributed by atoms with Crippen molar-refractivity contribution in [2.75, 3.05) is 32.1 Å². The second-order valence-electron chi connectivity index (χ2n) is 6.04. The van der Waals surface area contributed by atoms with Gasteiger partial charge in [-0.3, -0.25) is 0 Å². The zero-order valence-corrected chi connectivity index (χ0v) is 15.9. The molecule has 2 aromatic rings. The Balaban J connectivity index is 1.68. The summed E-state index contributed by atoms with van der Waals surface area (Å²) in [4.78, 5) is 0.514. The van der Waals surface area contributed by atoms with Gasteiger partial charge in [-0.05, 0) is 36.2 Å². The largest absolute Gasteiger partial charge is 0.379 e. The summed E-state index contributed by atoms with van der Waals surface area (Å²) >= 11 is 0. The van der Waals surface area contributed by atoms with E-state index in [1.807, 2.05) is 0 Å². The molecule has 0 N–H and O–H groups in total. The second-order valence-corrected chi connectivity index (χ2v) is 10.1. The van der Waals surface area contributed by atoms with Crippen LogP contribution >= 0.6 is 0 Å². The van der Waals surface area contributed by atoms with Crippen LogP contribution in [0.4, 0.5) is 0 Å². The maximum Gasteiger partial charge on any atom is 0.243 e. The molecular formula is C18H21NO5S2. The zero-order chi connectivity index (χ0) is 18.6. The quantitative estimate of drug-likeness (QED) is 0.744. The molecule has 8 heteroatoms. The molecule has 140 valence electrons. The Hall–Kier alpha value is -1.74. The predicted molar refractivity (Wildman–Crippen MR) is 98.2 cm³/mol. The van der Waals surface area contributed by atoms with Gasteiger partial charge in [0.1, 0.15) is 0 Å². The second kappa shape index (κ2) is 7.87. The number of morpholine rings is 1. The molecule has 0 atom stereocenters. The number of sulfone groups is 1. The molecular weight excluding hydrogens is 374 g/mol. The van der Waals surface area contributed by atoms with Crippen molar-refractivity contribution in [1.29, 1.82) is 0 Å². The van der Waals surface area contributed by atoms with E-state index in [2.05, 4.69) is 0 Å². The summed E-state index contributed by atoms with van der Waals surface area (Å²) in [5, 5.41) is 0. The van der Waals surface area contributed by atoms with Gasteiger partial charge in [0.25, 0.3) is 0 Å². The summed E-state index contributed by atoms with van der Waals surface area (Å²) < 4.78 is 56.4. The Morgan fingerprint density at radius 3 is 2.04 bits per heavy atom. The number of hydrogen-bond acceptors (Lipinski definition) is 5. The molecule has 0 spiro atoms. The highest BCUT2D eigenvalue weighted by molar-refractivity contribution is 7.91. The number of rotatable bonds is 6. The van der Waals surface area contributed by atoms with Crippen molar-refractivity contribution in [2.24, 2.45) is 0 Å². The Bertz CT molecular complexity index is 933. The summed E-state index contributed by atoms with van der Waals surface area (Å²) in [5.74, 6) is -0.0213. The van der Waals surface area contributed by atoms with Gasteiger partial charge in [-0.1, -0.05) is 30.3 Å². The molecule has 0 aliphatic carbocycles. The highest BCUT2D eigenvalue weighted by Crippen LogP contribution is 2.19. The SMILES string of the molecule is O=S(=O)(CCc1ccc(S(=O)(=O)N2CCOCC2)cc1)c1ccccc1. The van der Waals surface area contributed by atoms with Gasteiger partial charge >= 0.3 is 0 Å². The van der Waals surface area contributed by atoms with Crippen molar-refractivity contribution >= 4 is 19.9 Å². The van der Waals surface area contributed by atoms with E-state index in [9.17, 15) is 16.8 Å². The molecule has 0 amide bonds. The summed E-state index contributed by atoms with van der Waals surface area (Å²) in [6, 6.07) is 14.7. The van der Waals surface area contributed by atoms with E-state index in [4.69, 9.17) is 4.74 Å². The summed E-state index contributed by atoms with van der Waals surface area (Å²) in [7, 11) is -6.88. The van der Waals surface area contributed by atoms with Crippen molar-refractivity contribution in [3.63, 3.8) is 0 Å². The van der Waals surface area contributed by atoms with Crippen molar-refractivity contribution in [1.82, 2.24) is 4.31 Å². The van der Waals surface area contributed by atoms with Gasteiger partial charge in [0.2, 0.25) is 10.0 Å². The van der Waals surface area contributed by atoms with Crippen LogP contribution in [0, 0.1) is 0 Å². The van der Waals surface area contributed by atoms with E-state index in [1.54, 1.807) is 42.5 Å². The maximum absolute atomic E-state index is 12.6. The molecule has 3 rings (SSSR count). The van der Waals surface area contributed by atoms with Crippen LogP contribution in [0.5, 0.6) is 0 Å². The standard InChI is InChI=1S/C18H21NO5S2/c20-25(21,17-4-2-1-3-5-17)15-10-16-6-8-18(9-7-16)26(22,23)19-11-13-24-14-12-19/h1-9H,10-15H2. The number of aryl methyl sites for hydroxylation is 1. The molecule has 0 unspecified atom stereocenters. The van der Waals surface area contributed by atoms with Crippen LogP contribution in [0.15, 0.2) is 64.4 Å². The van der Waals surface area contributed by atoms with Gasteiger partial charge in [-0.2, -0.15) is 4.31 Å². The topological polar surface area (TPSA) is 80.8 Å². The minimum atomic E-state index is -3.53. The van der Waals surface area contributed by atoms with E-state index in [0.29, 0.717) is 37.6 Å². The molecule has 0 saturated carbocycles. The predicted octanol–water partition coefficient (Wildman–Crippen LogP) is 1.72. The third-order valence-electron chi connectivity index (χ3n) is 4.29. The number of benzene rings is 2. The molecule has 26 heavy (non-hydrogen) atoms. The Kier molecular flexibility index (Phi) is 5.76. The minimum absolute atomic E-state index is 0.0213. The summed E-state index contributed by atoms with van der Waals surface area (Å²) in [5.41, 5.74) is 0.783. The molecule has 1 aliphatic heterocycles. The highest BCUT2D eigenvalue weighted by atomic mass is 32.2. The first-order chi connectivity index (χ1) is 12.4. The number of sulfonamides is 1. The number of hydrogen-bond donors (Lipinski definition) is 0. The normalized spacial score (nSPS) is 16.5. The van der Waals surface area contributed by atoms with Crippen LogP contribution in [-0.4, -0.2) is 53.2 Å². The van der Waals surface area contributed by atoms with Crippen molar-refractivity contribution in [3.05, 3.63) is 60.2 Å². The number of ether oxygens (including phenoxy) is 1. The van der Waals surface area contributed by atoms with Crippen molar-refractivity contribution < 1.29 is 21.6 Å². The van der Waals surface area contributed by atoms with E-state index in [1.165, 1.54) is 16.4 Å². The maximum atomic E-state index is 12.6. The van der Waals surface area contributed by atoms with Gasteiger partial charge in [-0.25, -0.2) is 16.8 Å². The summed E-state index contributed by atoms with van der Waals surface area (Å²) in [6.07, 6.45) is 0.328. The van der Waals surface area contributed by atoms with Gasteiger partial charge in [0.05, 0.1) is 28.8 Å². The molecule has 0 aromatic heterocycles. The Morgan fingerprint density at radius 2 is 1.42 bits per heavy atom. The van der Waals surface area contributed by atoms with Crippen LogP contribution in [0.3, 0.4) is 0 Å². The van der Waals surface area contributed by atoms with Crippen LogP contribution in [-0.2, 0) is 31.0 Å². The fourth-order valence-corrected chi connectivity index (χ4v) is 5.48. The average molecular weight is 396 g/mol. The lowest BCUT2D eigenvalue weighted by Crippen LogP contribution is -2.40. The van der Waals surface area contributed by atoms with Crippen molar-refractivity contribution in [2.45, 2.75) is 16.2 Å². The molecule has 6 nitrogen and oxygen atoms in total. The zero-order valence-electron chi connectivity index (χ0n) is 14.2. The van der Waals surface area contributed by atoms with Gasteiger partial charge < -0.3 is 4.74 Å². The van der Waals surface area contributed by atoms with Crippen LogP contribution in [0.25, 0.3) is 0 Å². The van der Waals surface area contributed by atoms with E-state index >= 15 is 0 Å². The number of nitrogens with zero attached hydrogens (tertiary/aromatic N) is 1. The molecule has 1 heterocycles. The lowest BCUT2D eigenvalue weighted by Gasteiger charge is -2.26. The first-order valence-corrected chi connectivity index (χ1v) is 11.4. The Labute approximate surface area is 154 Å². The van der Waals surface area contributed by atoms with Gasteiger partial charge in [0.15, 0.2) is 9.84 Å².